The summed E-state index contributed by atoms with van der Waals surface area (Å²) in [6.45, 7) is 6.48. The smallest absolute Gasteiger partial charge is 0.241 e. The van der Waals surface area contributed by atoms with Gasteiger partial charge < -0.3 is 10.6 Å². The van der Waals surface area contributed by atoms with E-state index >= 15 is 0 Å². The van der Waals surface area contributed by atoms with Crippen molar-refractivity contribution in [1.82, 2.24) is 19.6 Å². The molecule has 8 nitrogen and oxygen atoms in total. The van der Waals surface area contributed by atoms with Gasteiger partial charge in [-0.3, -0.25) is 4.79 Å². The van der Waals surface area contributed by atoms with Crippen LogP contribution in [-0.4, -0.2) is 35.7 Å². The number of anilines is 1. The van der Waals surface area contributed by atoms with Crippen LogP contribution in [0.4, 0.5) is 5.95 Å². The fourth-order valence-corrected chi connectivity index (χ4v) is 3.81. The molecule has 0 saturated heterocycles. The maximum atomic E-state index is 12.5. The first-order chi connectivity index (χ1) is 12.6. The highest BCUT2D eigenvalue weighted by atomic mass is 32.2. The van der Waals surface area contributed by atoms with Crippen molar-refractivity contribution >= 4 is 21.9 Å². The van der Waals surface area contributed by atoms with Crippen molar-refractivity contribution in [2.45, 2.75) is 44.2 Å². The molecular formula is C18H23N5O3S. The summed E-state index contributed by atoms with van der Waals surface area (Å²) in [5.74, 6) is -0.177. The van der Waals surface area contributed by atoms with Gasteiger partial charge in [-0.25, -0.2) is 23.1 Å². The number of nitrogens with one attached hydrogen (secondary N) is 1. The number of amides is 1. The SMILES string of the molecule is CC(C)(C)c1ccc(S(=O)(=O)NCC(=O)N2Cc3cnc(N)nc3C2)cc1. The number of nitrogens with two attached hydrogens (primary N) is 1. The van der Waals surface area contributed by atoms with Crippen LogP contribution in [0, 0.1) is 0 Å². The number of carbonyl (C=O) groups is 1. The Kier molecular flexibility index (Phi) is 4.92. The minimum Gasteiger partial charge on any atom is -0.368 e. The zero-order valence-corrected chi connectivity index (χ0v) is 16.4. The van der Waals surface area contributed by atoms with Gasteiger partial charge in [0, 0.05) is 18.3 Å². The summed E-state index contributed by atoms with van der Waals surface area (Å²) in [5.41, 5.74) is 8.03. The third-order valence-electron chi connectivity index (χ3n) is 4.47. The van der Waals surface area contributed by atoms with Crippen LogP contribution in [0.3, 0.4) is 0 Å². The second-order valence-corrected chi connectivity index (χ2v) is 9.32. The molecule has 3 rings (SSSR count). The van der Waals surface area contributed by atoms with E-state index in [1.165, 1.54) is 4.90 Å². The molecule has 0 radical (unpaired) electrons. The Morgan fingerprint density at radius 3 is 2.52 bits per heavy atom. The predicted octanol–water partition coefficient (Wildman–Crippen LogP) is 1.18. The van der Waals surface area contributed by atoms with Crippen LogP contribution in [0.1, 0.15) is 37.6 Å². The average Bonchev–Trinajstić information content (AvgIpc) is 3.02. The van der Waals surface area contributed by atoms with Gasteiger partial charge in [0.15, 0.2) is 0 Å². The lowest BCUT2D eigenvalue weighted by Gasteiger charge is -2.19. The van der Waals surface area contributed by atoms with E-state index in [4.69, 9.17) is 5.73 Å². The highest BCUT2D eigenvalue weighted by Gasteiger charge is 2.26. The largest absolute Gasteiger partial charge is 0.368 e. The van der Waals surface area contributed by atoms with Crippen LogP contribution >= 0.6 is 0 Å². The number of hydrogen-bond donors (Lipinski definition) is 2. The van der Waals surface area contributed by atoms with Crippen molar-refractivity contribution in [2.24, 2.45) is 0 Å². The number of sulfonamides is 1. The molecule has 0 saturated carbocycles. The number of nitrogen functional groups attached to an aromatic ring is 1. The van der Waals surface area contributed by atoms with Gasteiger partial charge in [-0.2, -0.15) is 0 Å². The Labute approximate surface area is 158 Å². The molecule has 0 spiro atoms. The van der Waals surface area contributed by atoms with Crippen molar-refractivity contribution in [3.8, 4) is 0 Å². The average molecular weight is 389 g/mol. The monoisotopic (exact) mass is 389 g/mol. The topological polar surface area (TPSA) is 118 Å². The number of nitrogens with zero attached hydrogens (tertiary/aromatic N) is 3. The van der Waals surface area contributed by atoms with Gasteiger partial charge in [0.2, 0.25) is 21.9 Å². The van der Waals surface area contributed by atoms with Gasteiger partial charge in [0.1, 0.15) is 0 Å². The van der Waals surface area contributed by atoms with Gasteiger partial charge in [0.25, 0.3) is 0 Å². The van der Waals surface area contributed by atoms with E-state index in [2.05, 4.69) is 35.5 Å². The third kappa shape index (κ3) is 4.25. The van der Waals surface area contributed by atoms with Gasteiger partial charge in [-0.05, 0) is 23.1 Å². The number of aromatic nitrogens is 2. The minimum atomic E-state index is -3.77. The van der Waals surface area contributed by atoms with E-state index < -0.39 is 10.0 Å². The molecule has 0 unspecified atom stereocenters. The third-order valence-corrected chi connectivity index (χ3v) is 5.89. The Morgan fingerprint density at radius 2 is 1.89 bits per heavy atom. The lowest BCUT2D eigenvalue weighted by Crippen LogP contribution is -2.37. The molecule has 144 valence electrons. The molecule has 0 bridgehead atoms. The van der Waals surface area contributed by atoms with Crippen LogP contribution < -0.4 is 10.5 Å². The molecule has 0 fully saturated rings. The summed E-state index contributed by atoms with van der Waals surface area (Å²) < 4.78 is 27.3. The lowest BCUT2D eigenvalue weighted by atomic mass is 9.87. The van der Waals surface area contributed by atoms with E-state index in [0.717, 1.165) is 11.1 Å². The first-order valence-corrected chi connectivity index (χ1v) is 10.0. The summed E-state index contributed by atoms with van der Waals surface area (Å²) in [6.07, 6.45) is 1.59. The molecule has 3 N–H and O–H groups in total. The number of rotatable bonds is 4. The molecule has 2 heterocycles. The quantitative estimate of drug-likeness (QED) is 0.810. The van der Waals surface area contributed by atoms with E-state index in [9.17, 15) is 13.2 Å². The molecular weight excluding hydrogens is 366 g/mol. The molecule has 1 aromatic heterocycles. The fourth-order valence-electron chi connectivity index (χ4n) is 2.83. The maximum absolute atomic E-state index is 12.5. The highest BCUT2D eigenvalue weighted by Crippen LogP contribution is 2.23. The molecule has 1 amide bonds. The van der Waals surface area contributed by atoms with Crippen molar-refractivity contribution in [1.29, 1.82) is 0 Å². The highest BCUT2D eigenvalue weighted by molar-refractivity contribution is 7.89. The molecule has 1 aliphatic heterocycles. The first kappa shape index (κ1) is 19.2. The molecule has 0 atom stereocenters. The Bertz CT molecular complexity index is 965. The minimum absolute atomic E-state index is 0.0667. The fraction of sp³-hybridized carbons (Fsp3) is 0.389. The van der Waals surface area contributed by atoms with Gasteiger partial charge in [-0.1, -0.05) is 32.9 Å². The summed E-state index contributed by atoms with van der Waals surface area (Å²) in [4.78, 5) is 22.0. The van der Waals surface area contributed by atoms with Crippen molar-refractivity contribution in [2.75, 3.05) is 12.3 Å². The van der Waals surface area contributed by atoms with E-state index in [-0.39, 0.29) is 28.7 Å². The first-order valence-electron chi connectivity index (χ1n) is 8.54. The van der Waals surface area contributed by atoms with E-state index in [1.54, 1.807) is 30.5 Å². The molecule has 27 heavy (non-hydrogen) atoms. The van der Waals surface area contributed by atoms with Crippen LogP contribution in [-0.2, 0) is 33.3 Å². The summed E-state index contributed by atoms with van der Waals surface area (Å²) in [6, 6.07) is 6.68. The second-order valence-electron chi connectivity index (χ2n) is 7.55. The van der Waals surface area contributed by atoms with Crippen molar-refractivity contribution in [3.63, 3.8) is 0 Å². The van der Waals surface area contributed by atoms with Crippen molar-refractivity contribution in [3.05, 3.63) is 47.3 Å². The summed E-state index contributed by atoms with van der Waals surface area (Å²) in [7, 11) is -3.77. The molecule has 2 aromatic rings. The number of benzene rings is 1. The Morgan fingerprint density at radius 1 is 1.22 bits per heavy atom. The van der Waals surface area contributed by atoms with E-state index in [0.29, 0.717) is 18.8 Å². The van der Waals surface area contributed by atoms with Gasteiger partial charge in [0.05, 0.1) is 23.7 Å². The van der Waals surface area contributed by atoms with Crippen LogP contribution in [0.25, 0.3) is 0 Å². The van der Waals surface area contributed by atoms with Gasteiger partial charge >= 0.3 is 0 Å². The van der Waals surface area contributed by atoms with E-state index in [1.807, 2.05) is 0 Å². The molecule has 0 aliphatic carbocycles. The normalized spacial score (nSPS) is 14.3. The molecule has 9 heteroatoms. The number of hydrogen-bond acceptors (Lipinski definition) is 6. The van der Waals surface area contributed by atoms with Crippen LogP contribution in [0.5, 0.6) is 0 Å². The van der Waals surface area contributed by atoms with Crippen molar-refractivity contribution < 1.29 is 13.2 Å². The van der Waals surface area contributed by atoms with Crippen LogP contribution in [0.2, 0.25) is 0 Å². The zero-order valence-electron chi connectivity index (χ0n) is 15.6. The van der Waals surface area contributed by atoms with Gasteiger partial charge in [-0.15, -0.1) is 0 Å². The maximum Gasteiger partial charge on any atom is 0.241 e. The summed E-state index contributed by atoms with van der Waals surface area (Å²) >= 11 is 0. The number of fused-ring (bicyclic) bond motifs is 1. The zero-order chi connectivity index (χ0) is 19.8. The second kappa shape index (κ2) is 6.90. The predicted molar refractivity (Wildman–Crippen MR) is 101 cm³/mol. The Hall–Kier alpha value is -2.52. The standard InChI is InChI=1S/C18H23N5O3S/c1-18(2,3)13-4-6-14(7-5-13)27(25,26)21-9-16(24)23-10-12-8-20-17(19)22-15(12)11-23/h4-8,21H,9-11H2,1-3H3,(H2,19,20,22). The molecule has 1 aromatic carbocycles. The number of carbonyl (C=O) groups excluding carboxylic acids is 1. The lowest BCUT2D eigenvalue weighted by molar-refractivity contribution is -0.130. The summed E-state index contributed by atoms with van der Waals surface area (Å²) in [5, 5.41) is 0. The molecule has 1 aliphatic rings. The Balaban J connectivity index is 1.63. The van der Waals surface area contributed by atoms with Crippen LogP contribution in [0.15, 0.2) is 35.4 Å².